The second-order valence-corrected chi connectivity index (χ2v) is 1.80. The van der Waals surface area contributed by atoms with Gasteiger partial charge >= 0.3 is 5.97 Å². The Labute approximate surface area is 55.2 Å². The summed E-state index contributed by atoms with van der Waals surface area (Å²) in [5, 5.41) is 8.44. The maximum atomic E-state index is 10.3. The van der Waals surface area contributed by atoms with E-state index >= 15 is 0 Å². The molecular formula is C7H12O2. The number of hydrogen-bond donors (Lipinski definition) is 1. The fourth-order valence-corrected chi connectivity index (χ4v) is 0.629. The lowest BCUT2D eigenvalue weighted by atomic mass is 10.2. The molecule has 2 heteroatoms. The largest absolute Gasteiger partial charge is 0.478 e. The minimum absolute atomic E-state index is 0.512. The highest BCUT2D eigenvalue weighted by Crippen LogP contribution is 2.00. The maximum Gasteiger partial charge on any atom is 0.331 e. The normalized spacial score (nSPS) is 11.6. The third-order valence-corrected chi connectivity index (χ3v) is 1.11. The Morgan fingerprint density at radius 1 is 1.56 bits per heavy atom. The lowest BCUT2D eigenvalue weighted by Crippen LogP contribution is -1.98. The number of allylic oxidation sites excluding steroid dienone is 1. The van der Waals surface area contributed by atoms with E-state index in [1.54, 1.807) is 6.08 Å². The van der Waals surface area contributed by atoms with Crippen LogP contribution in [0.2, 0.25) is 0 Å². The fourth-order valence-electron chi connectivity index (χ4n) is 0.629. The Hall–Kier alpha value is -0.790. The molecule has 0 rings (SSSR count). The highest BCUT2D eigenvalue weighted by molar-refractivity contribution is 5.86. The van der Waals surface area contributed by atoms with Gasteiger partial charge in [0.15, 0.2) is 0 Å². The topological polar surface area (TPSA) is 37.3 Å². The van der Waals surface area contributed by atoms with Crippen LogP contribution in [0.5, 0.6) is 0 Å². The van der Waals surface area contributed by atoms with Gasteiger partial charge in [0.1, 0.15) is 0 Å². The summed E-state index contributed by atoms with van der Waals surface area (Å²) in [6, 6.07) is 0. The molecule has 0 aliphatic heterocycles. The molecule has 0 aromatic rings. The van der Waals surface area contributed by atoms with Crippen LogP contribution in [-0.4, -0.2) is 11.1 Å². The molecule has 0 aliphatic carbocycles. The van der Waals surface area contributed by atoms with Crippen LogP contribution >= 0.6 is 0 Å². The molecule has 0 aliphatic rings. The zero-order chi connectivity index (χ0) is 7.28. The lowest BCUT2D eigenvalue weighted by Gasteiger charge is -1.93. The second-order valence-electron chi connectivity index (χ2n) is 1.80. The molecule has 0 aromatic heterocycles. The van der Waals surface area contributed by atoms with E-state index in [9.17, 15) is 4.79 Å². The molecule has 0 saturated heterocycles. The first-order valence-electron chi connectivity index (χ1n) is 3.14. The SMILES string of the molecule is CC/C=C(/CC)C(=O)O. The smallest absolute Gasteiger partial charge is 0.331 e. The first-order valence-corrected chi connectivity index (χ1v) is 3.14. The predicted octanol–water partition coefficient (Wildman–Crippen LogP) is 1.82. The van der Waals surface area contributed by atoms with E-state index in [-0.39, 0.29) is 0 Å². The van der Waals surface area contributed by atoms with Gasteiger partial charge in [0.05, 0.1) is 0 Å². The van der Waals surface area contributed by atoms with Gasteiger partial charge in [-0.3, -0.25) is 0 Å². The zero-order valence-corrected chi connectivity index (χ0v) is 5.85. The van der Waals surface area contributed by atoms with Gasteiger partial charge in [-0.15, -0.1) is 0 Å². The number of hydrogen-bond acceptors (Lipinski definition) is 1. The van der Waals surface area contributed by atoms with Gasteiger partial charge in [-0.2, -0.15) is 0 Å². The number of carbonyl (C=O) groups is 1. The van der Waals surface area contributed by atoms with Crippen LogP contribution in [-0.2, 0) is 4.79 Å². The van der Waals surface area contributed by atoms with E-state index in [4.69, 9.17) is 5.11 Å². The Morgan fingerprint density at radius 2 is 2.11 bits per heavy atom. The van der Waals surface area contributed by atoms with Gasteiger partial charge in [-0.1, -0.05) is 19.9 Å². The quantitative estimate of drug-likeness (QED) is 0.588. The van der Waals surface area contributed by atoms with Gasteiger partial charge in [0, 0.05) is 5.57 Å². The van der Waals surface area contributed by atoms with E-state index in [0.717, 1.165) is 6.42 Å². The van der Waals surface area contributed by atoms with Crippen molar-refractivity contribution in [2.45, 2.75) is 26.7 Å². The summed E-state index contributed by atoms with van der Waals surface area (Å²) < 4.78 is 0. The van der Waals surface area contributed by atoms with Crippen LogP contribution in [0.1, 0.15) is 26.7 Å². The van der Waals surface area contributed by atoms with Crippen molar-refractivity contribution < 1.29 is 9.90 Å². The average Bonchev–Trinajstić information content (AvgIpc) is 1.82. The Balaban J connectivity index is 3.98. The summed E-state index contributed by atoms with van der Waals surface area (Å²) in [6.45, 7) is 3.77. The average molecular weight is 128 g/mol. The predicted molar refractivity (Wildman–Crippen MR) is 36.3 cm³/mol. The van der Waals surface area contributed by atoms with Crippen molar-refractivity contribution >= 4 is 5.97 Å². The fraction of sp³-hybridized carbons (Fsp3) is 0.571. The molecule has 9 heavy (non-hydrogen) atoms. The van der Waals surface area contributed by atoms with E-state index in [2.05, 4.69) is 0 Å². The third-order valence-electron chi connectivity index (χ3n) is 1.11. The van der Waals surface area contributed by atoms with Gasteiger partial charge in [0.25, 0.3) is 0 Å². The molecule has 0 radical (unpaired) electrons. The molecule has 0 unspecified atom stereocenters. The minimum Gasteiger partial charge on any atom is -0.478 e. The summed E-state index contributed by atoms with van der Waals surface area (Å²) in [4.78, 5) is 10.3. The van der Waals surface area contributed by atoms with Gasteiger partial charge in [0.2, 0.25) is 0 Å². The lowest BCUT2D eigenvalue weighted by molar-refractivity contribution is -0.132. The van der Waals surface area contributed by atoms with Gasteiger partial charge < -0.3 is 5.11 Å². The van der Waals surface area contributed by atoms with Crippen LogP contribution in [0.25, 0.3) is 0 Å². The molecule has 0 spiro atoms. The highest BCUT2D eigenvalue weighted by Gasteiger charge is 2.00. The first kappa shape index (κ1) is 8.21. The monoisotopic (exact) mass is 128 g/mol. The number of carboxylic acid groups (broad SMARTS) is 1. The van der Waals surface area contributed by atoms with Crippen LogP contribution in [0.15, 0.2) is 11.6 Å². The Morgan fingerprint density at radius 3 is 2.22 bits per heavy atom. The standard InChI is InChI=1S/C7H12O2/c1-3-5-6(4-2)7(8)9/h5H,3-4H2,1-2H3,(H,8,9)/b6-5-. The number of carboxylic acids is 1. The van der Waals surface area contributed by atoms with Gasteiger partial charge in [-0.25, -0.2) is 4.79 Å². The summed E-state index contributed by atoms with van der Waals surface area (Å²) in [6.07, 6.45) is 3.15. The summed E-state index contributed by atoms with van der Waals surface area (Å²) in [5.74, 6) is -0.792. The second kappa shape index (κ2) is 4.13. The highest BCUT2D eigenvalue weighted by atomic mass is 16.4. The third kappa shape index (κ3) is 2.90. The molecular weight excluding hydrogens is 116 g/mol. The van der Waals surface area contributed by atoms with Crippen LogP contribution < -0.4 is 0 Å². The van der Waals surface area contributed by atoms with Crippen LogP contribution in [0.4, 0.5) is 0 Å². The van der Waals surface area contributed by atoms with Gasteiger partial charge in [-0.05, 0) is 12.8 Å². The summed E-state index contributed by atoms with van der Waals surface area (Å²) in [5.41, 5.74) is 0.512. The van der Waals surface area contributed by atoms with Crippen molar-refractivity contribution in [2.24, 2.45) is 0 Å². The first-order chi connectivity index (χ1) is 4.22. The molecule has 1 N–H and O–H groups in total. The molecule has 0 amide bonds. The number of rotatable bonds is 3. The van der Waals surface area contributed by atoms with E-state index < -0.39 is 5.97 Å². The van der Waals surface area contributed by atoms with Crippen molar-refractivity contribution in [2.75, 3.05) is 0 Å². The van der Waals surface area contributed by atoms with Crippen molar-refractivity contribution in [3.63, 3.8) is 0 Å². The van der Waals surface area contributed by atoms with Crippen molar-refractivity contribution in [1.82, 2.24) is 0 Å². The Bertz CT molecular complexity index is 125. The molecule has 0 aromatic carbocycles. The zero-order valence-electron chi connectivity index (χ0n) is 5.85. The molecule has 0 heterocycles. The maximum absolute atomic E-state index is 10.3. The van der Waals surface area contributed by atoms with Crippen molar-refractivity contribution in [3.8, 4) is 0 Å². The van der Waals surface area contributed by atoms with Crippen molar-refractivity contribution in [1.29, 1.82) is 0 Å². The van der Waals surface area contributed by atoms with E-state index in [1.807, 2.05) is 13.8 Å². The van der Waals surface area contributed by atoms with Crippen molar-refractivity contribution in [3.05, 3.63) is 11.6 Å². The summed E-state index contributed by atoms with van der Waals surface area (Å²) >= 11 is 0. The van der Waals surface area contributed by atoms with Crippen LogP contribution in [0.3, 0.4) is 0 Å². The molecule has 0 saturated carbocycles. The molecule has 0 bridgehead atoms. The van der Waals surface area contributed by atoms with E-state index in [0.29, 0.717) is 12.0 Å². The molecule has 52 valence electrons. The van der Waals surface area contributed by atoms with E-state index in [1.165, 1.54) is 0 Å². The molecule has 0 atom stereocenters. The molecule has 2 nitrogen and oxygen atoms in total. The summed E-state index contributed by atoms with van der Waals surface area (Å²) in [7, 11) is 0. The number of aliphatic carboxylic acids is 1. The Kier molecular flexibility index (Phi) is 3.76. The van der Waals surface area contributed by atoms with Crippen LogP contribution in [0, 0.1) is 0 Å². The molecule has 0 fully saturated rings. The minimum atomic E-state index is -0.792.